The molecule has 0 atom stereocenters. The molecular weight excluding hydrogens is 517 g/mol. The summed E-state index contributed by atoms with van der Waals surface area (Å²) in [6, 6.07) is 17.1. The Morgan fingerprint density at radius 3 is 2.62 bits per heavy atom. The molecule has 2 aromatic heterocycles. The number of esters is 1. The average Bonchev–Trinajstić information content (AvgIpc) is 3.38. The quantitative estimate of drug-likeness (QED) is 0.245. The lowest BCUT2D eigenvalue weighted by atomic mass is 9.95. The van der Waals surface area contributed by atoms with Gasteiger partial charge in [-0.05, 0) is 53.9 Å². The van der Waals surface area contributed by atoms with Crippen molar-refractivity contribution >= 4 is 23.3 Å². The molecule has 0 aliphatic rings. The van der Waals surface area contributed by atoms with Crippen LogP contribution in [0.1, 0.15) is 38.9 Å². The fourth-order valence-corrected chi connectivity index (χ4v) is 4.41. The van der Waals surface area contributed by atoms with E-state index in [1.165, 1.54) is 23.0 Å². The van der Waals surface area contributed by atoms with Gasteiger partial charge in [-0.3, -0.25) is 14.2 Å². The normalized spacial score (nSPS) is 10.8. The molecule has 0 fully saturated rings. The van der Waals surface area contributed by atoms with Crippen LogP contribution >= 0.6 is 0 Å². The Balaban J connectivity index is 1.73. The molecule has 0 saturated heterocycles. The molecule has 5 rings (SSSR count). The third kappa shape index (κ3) is 4.42. The first-order valence-electron chi connectivity index (χ1n) is 12.1. The minimum absolute atomic E-state index is 0.0403. The number of aliphatic hydroxyl groups is 1. The summed E-state index contributed by atoms with van der Waals surface area (Å²) in [7, 11) is 0. The van der Waals surface area contributed by atoms with Crippen molar-refractivity contribution in [3.63, 3.8) is 0 Å². The van der Waals surface area contributed by atoms with E-state index in [4.69, 9.17) is 4.74 Å². The van der Waals surface area contributed by atoms with Gasteiger partial charge in [0.1, 0.15) is 23.7 Å². The van der Waals surface area contributed by atoms with Crippen molar-refractivity contribution in [3.8, 4) is 28.6 Å². The Morgan fingerprint density at radius 2 is 1.90 bits per heavy atom. The lowest BCUT2D eigenvalue weighted by molar-refractivity contribution is 0.0520. The molecule has 3 aromatic carbocycles. The lowest BCUT2D eigenvalue weighted by Gasteiger charge is -2.13. The Morgan fingerprint density at radius 1 is 1.12 bits per heavy atom. The maximum Gasteiger partial charge on any atom is 0.361 e. The first kappa shape index (κ1) is 26.1. The van der Waals surface area contributed by atoms with Gasteiger partial charge in [0.25, 0.3) is 5.56 Å². The molecule has 0 amide bonds. The Bertz CT molecular complexity index is 1900. The smallest absolute Gasteiger partial charge is 0.361 e. The van der Waals surface area contributed by atoms with Gasteiger partial charge < -0.3 is 9.84 Å². The van der Waals surface area contributed by atoms with Crippen molar-refractivity contribution < 1.29 is 23.8 Å². The molecule has 0 aliphatic carbocycles. The second kappa shape index (κ2) is 10.7. The predicted molar refractivity (Wildman–Crippen MR) is 142 cm³/mol. The second-order valence-corrected chi connectivity index (χ2v) is 8.58. The van der Waals surface area contributed by atoms with Crippen molar-refractivity contribution in [2.24, 2.45) is 0 Å². The van der Waals surface area contributed by atoms with E-state index in [1.54, 1.807) is 55.5 Å². The highest BCUT2D eigenvalue weighted by atomic mass is 19.1. The van der Waals surface area contributed by atoms with Gasteiger partial charge in [-0.25, -0.2) is 18.9 Å². The van der Waals surface area contributed by atoms with Crippen LogP contribution in [0.15, 0.2) is 71.8 Å². The maximum absolute atomic E-state index is 14.0. The number of fused-ring (bicyclic) bond motifs is 1. The van der Waals surface area contributed by atoms with Crippen LogP contribution in [0.3, 0.4) is 0 Å². The number of nitrogens with zero attached hydrogens (tertiary/aromatic N) is 5. The first-order valence-corrected chi connectivity index (χ1v) is 12.1. The molecule has 0 bridgehead atoms. The average molecular weight is 538 g/mol. The summed E-state index contributed by atoms with van der Waals surface area (Å²) in [5.74, 6) is -1.56. The van der Waals surface area contributed by atoms with E-state index in [0.29, 0.717) is 27.9 Å². The topological polar surface area (TPSA) is 140 Å². The largest absolute Gasteiger partial charge is 0.461 e. The molecule has 11 heteroatoms. The van der Waals surface area contributed by atoms with Crippen LogP contribution in [0.25, 0.3) is 33.5 Å². The Hall–Kier alpha value is -5.47. The number of ether oxygens (including phenoxy) is 1. The summed E-state index contributed by atoms with van der Waals surface area (Å²) >= 11 is 0. The van der Waals surface area contributed by atoms with E-state index < -0.39 is 17.3 Å². The molecular formula is C29H20FN5O5. The first-order chi connectivity index (χ1) is 19.4. The fourth-order valence-electron chi connectivity index (χ4n) is 4.41. The van der Waals surface area contributed by atoms with Crippen LogP contribution in [-0.4, -0.2) is 43.3 Å². The van der Waals surface area contributed by atoms with Crippen LogP contribution in [0.4, 0.5) is 4.39 Å². The van der Waals surface area contributed by atoms with Gasteiger partial charge in [0.15, 0.2) is 17.5 Å². The minimum Gasteiger partial charge on any atom is -0.461 e. The number of rotatable bonds is 7. The fraction of sp³-hybridized carbons (Fsp3) is 0.103. The number of benzene rings is 3. The van der Waals surface area contributed by atoms with Gasteiger partial charge in [0.05, 0.1) is 30.2 Å². The molecule has 0 spiro atoms. The van der Waals surface area contributed by atoms with Crippen molar-refractivity contribution in [2.45, 2.75) is 13.5 Å². The highest BCUT2D eigenvalue weighted by Gasteiger charge is 2.24. The van der Waals surface area contributed by atoms with Gasteiger partial charge in [0.2, 0.25) is 0 Å². The summed E-state index contributed by atoms with van der Waals surface area (Å²) < 4.78 is 21.4. The van der Waals surface area contributed by atoms with Crippen molar-refractivity contribution in [1.82, 2.24) is 19.3 Å². The molecule has 0 aliphatic heterocycles. The molecule has 0 unspecified atom stereocenters. The molecule has 2 heterocycles. The van der Waals surface area contributed by atoms with E-state index in [1.807, 2.05) is 0 Å². The van der Waals surface area contributed by atoms with Crippen LogP contribution in [0.2, 0.25) is 0 Å². The number of hydrogen-bond acceptors (Lipinski definition) is 8. The van der Waals surface area contributed by atoms with Gasteiger partial charge in [0, 0.05) is 5.56 Å². The molecule has 10 nitrogen and oxygen atoms in total. The maximum atomic E-state index is 14.0. The van der Waals surface area contributed by atoms with E-state index in [2.05, 4.69) is 10.1 Å². The van der Waals surface area contributed by atoms with Crippen molar-refractivity contribution in [1.29, 1.82) is 5.26 Å². The van der Waals surface area contributed by atoms with E-state index >= 15 is 0 Å². The Kier molecular flexibility index (Phi) is 7.01. The third-order valence-corrected chi connectivity index (χ3v) is 6.28. The molecule has 1 N–H and O–H groups in total. The predicted octanol–water partition coefficient (Wildman–Crippen LogP) is 3.73. The summed E-state index contributed by atoms with van der Waals surface area (Å²) in [4.78, 5) is 42.4. The van der Waals surface area contributed by atoms with Gasteiger partial charge in [-0.2, -0.15) is 10.4 Å². The zero-order chi connectivity index (χ0) is 28.4. The zero-order valence-corrected chi connectivity index (χ0v) is 21.0. The van der Waals surface area contributed by atoms with Crippen molar-refractivity contribution in [2.75, 3.05) is 6.61 Å². The number of nitriles is 1. The lowest BCUT2D eigenvalue weighted by Crippen LogP contribution is -2.21. The van der Waals surface area contributed by atoms with Crippen LogP contribution < -0.4 is 5.56 Å². The highest BCUT2D eigenvalue weighted by Crippen LogP contribution is 2.29. The number of aromatic nitrogens is 4. The number of halogens is 1. The SMILES string of the molecule is CCOC(=O)c1nn(-c2ccc(F)c(C#N)c2)c2c(=O)n(-c3ccc(-c4ccccc4C=O)c(CO)c3)cnc12. The standard InChI is InChI=1S/C29H20FN5O5/c1-2-40-29(39)26-25-27(35(33-26)21-8-10-24(30)18(11-21)13-31)28(38)34(16-32-25)20-7-9-23(19(12-20)15-37)22-6-4-3-5-17(22)14-36/h3-12,14,16,37H,2,15H2,1H3. The summed E-state index contributed by atoms with van der Waals surface area (Å²) in [6.45, 7) is 1.30. The van der Waals surface area contributed by atoms with Gasteiger partial charge >= 0.3 is 5.97 Å². The summed E-state index contributed by atoms with van der Waals surface area (Å²) in [5.41, 5.74) is 1.36. The molecule has 0 radical (unpaired) electrons. The van der Waals surface area contributed by atoms with Crippen LogP contribution in [0, 0.1) is 17.1 Å². The second-order valence-electron chi connectivity index (χ2n) is 8.58. The van der Waals surface area contributed by atoms with Crippen LogP contribution in [0.5, 0.6) is 0 Å². The van der Waals surface area contributed by atoms with E-state index in [-0.39, 0.29) is 41.2 Å². The summed E-state index contributed by atoms with van der Waals surface area (Å²) in [6.07, 6.45) is 1.95. The van der Waals surface area contributed by atoms with E-state index in [9.17, 15) is 29.1 Å². The van der Waals surface area contributed by atoms with Crippen LogP contribution in [-0.2, 0) is 11.3 Å². The zero-order valence-electron chi connectivity index (χ0n) is 21.0. The van der Waals surface area contributed by atoms with Gasteiger partial charge in [-0.15, -0.1) is 0 Å². The van der Waals surface area contributed by atoms with Gasteiger partial charge in [-0.1, -0.05) is 30.3 Å². The number of carbonyl (C=O) groups excluding carboxylic acids is 2. The number of aliphatic hydroxyl groups excluding tert-OH is 1. The third-order valence-electron chi connectivity index (χ3n) is 6.28. The number of aldehydes is 1. The molecule has 0 saturated carbocycles. The molecule has 5 aromatic rings. The molecule has 198 valence electrons. The van der Waals surface area contributed by atoms with E-state index in [0.717, 1.165) is 17.0 Å². The number of hydrogen-bond donors (Lipinski definition) is 1. The van der Waals surface area contributed by atoms with Crippen molar-refractivity contribution in [3.05, 3.63) is 106 Å². The monoisotopic (exact) mass is 537 g/mol. The highest BCUT2D eigenvalue weighted by molar-refractivity contribution is 6.00. The molecule has 40 heavy (non-hydrogen) atoms. The summed E-state index contributed by atoms with van der Waals surface area (Å²) in [5, 5.41) is 23.7. The minimum atomic E-state index is -0.806. The Labute approximate surface area is 226 Å². The number of carbonyl (C=O) groups is 2.